The van der Waals surface area contributed by atoms with E-state index >= 15 is 0 Å². The molecule has 1 N–H and O–H groups in total. The van der Waals surface area contributed by atoms with E-state index in [-0.39, 0.29) is 31.2 Å². The van der Waals surface area contributed by atoms with Gasteiger partial charge >= 0.3 is 11.9 Å². The number of carbonyl (C=O) groups excluding carboxylic acids is 1. The highest BCUT2D eigenvalue weighted by molar-refractivity contribution is 5.87. The van der Waals surface area contributed by atoms with E-state index in [0.29, 0.717) is 0 Å². The van der Waals surface area contributed by atoms with E-state index in [1.54, 1.807) is 0 Å². The molecule has 0 saturated heterocycles. The highest BCUT2D eigenvalue weighted by Crippen LogP contribution is 2.30. The average molecular weight is 309 g/mol. The molecule has 0 saturated carbocycles. The lowest BCUT2D eigenvalue weighted by molar-refractivity contribution is -0.141. The van der Waals surface area contributed by atoms with Gasteiger partial charge in [-0.25, -0.2) is 0 Å². The van der Waals surface area contributed by atoms with Crippen LogP contribution in [0.1, 0.15) is 24.3 Å². The van der Waals surface area contributed by atoms with Gasteiger partial charge < -0.3 is 9.84 Å². The fourth-order valence-corrected chi connectivity index (χ4v) is 2.39. The minimum Gasteiger partial charge on any atom is -0.481 e. The normalized spacial score (nSPS) is 11.5. The van der Waals surface area contributed by atoms with Crippen molar-refractivity contribution in [2.45, 2.75) is 18.8 Å². The lowest BCUT2D eigenvalue weighted by Crippen LogP contribution is -2.13. The van der Waals surface area contributed by atoms with E-state index in [9.17, 15) is 9.59 Å². The van der Waals surface area contributed by atoms with Crippen LogP contribution in [0.5, 0.6) is 0 Å². The molecule has 0 fully saturated rings. The van der Waals surface area contributed by atoms with Crippen molar-refractivity contribution in [2.75, 3.05) is 7.11 Å². The lowest BCUT2D eigenvalue weighted by Gasteiger charge is -2.16. The number of benzene rings is 2. The fraction of sp³-hybridized carbons (Fsp3) is 0.250. The minimum absolute atomic E-state index is 0. The topological polar surface area (TPSA) is 63.6 Å². The number of halogens is 1. The molecular formula is C16H17ClO4. The zero-order chi connectivity index (χ0) is 14.5. The molecule has 21 heavy (non-hydrogen) atoms. The van der Waals surface area contributed by atoms with Crippen LogP contribution in [-0.4, -0.2) is 24.2 Å². The Morgan fingerprint density at radius 2 is 1.76 bits per heavy atom. The number of carboxylic acid groups (broad SMARTS) is 1. The van der Waals surface area contributed by atoms with E-state index in [4.69, 9.17) is 5.11 Å². The van der Waals surface area contributed by atoms with Gasteiger partial charge in [0.1, 0.15) is 0 Å². The number of hydrogen-bond donors (Lipinski definition) is 1. The third kappa shape index (κ3) is 4.20. The van der Waals surface area contributed by atoms with Crippen molar-refractivity contribution in [1.82, 2.24) is 0 Å². The van der Waals surface area contributed by atoms with Gasteiger partial charge in [-0.1, -0.05) is 42.5 Å². The van der Waals surface area contributed by atoms with Crippen LogP contribution in [0.4, 0.5) is 0 Å². The number of carbonyl (C=O) groups is 2. The maximum atomic E-state index is 11.5. The van der Waals surface area contributed by atoms with Crippen LogP contribution in [0.25, 0.3) is 10.8 Å². The molecule has 4 nitrogen and oxygen atoms in total. The minimum atomic E-state index is -0.924. The van der Waals surface area contributed by atoms with Crippen LogP contribution in [0.15, 0.2) is 42.5 Å². The van der Waals surface area contributed by atoms with Gasteiger partial charge in [0.05, 0.1) is 20.0 Å². The first-order valence-electron chi connectivity index (χ1n) is 6.38. The summed E-state index contributed by atoms with van der Waals surface area (Å²) in [7, 11) is 1.31. The van der Waals surface area contributed by atoms with Crippen LogP contribution in [0.2, 0.25) is 0 Å². The summed E-state index contributed by atoms with van der Waals surface area (Å²) in [5, 5.41) is 11.1. The van der Waals surface area contributed by atoms with Gasteiger partial charge in [0.15, 0.2) is 0 Å². The van der Waals surface area contributed by atoms with Gasteiger partial charge in [-0.2, -0.15) is 0 Å². The van der Waals surface area contributed by atoms with Crippen LogP contribution in [0, 0.1) is 0 Å². The van der Waals surface area contributed by atoms with Crippen molar-refractivity contribution in [2.24, 2.45) is 0 Å². The summed E-state index contributed by atoms with van der Waals surface area (Å²) < 4.78 is 4.66. The number of carboxylic acids is 1. The molecule has 0 unspecified atom stereocenters. The molecule has 2 aromatic carbocycles. The molecule has 0 aliphatic heterocycles. The molecule has 0 bridgehead atoms. The summed E-state index contributed by atoms with van der Waals surface area (Å²) in [5.41, 5.74) is 0.871. The lowest BCUT2D eigenvalue weighted by atomic mass is 9.88. The third-order valence-corrected chi connectivity index (χ3v) is 3.32. The van der Waals surface area contributed by atoms with Crippen molar-refractivity contribution in [3.05, 3.63) is 48.0 Å². The zero-order valence-corrected chi connectivity index (χ0v) is 12.4. The highest BCUT2D eigenvalue weighted by atomic mass is 35.5. The number of aliphatic carboxylic acids is 1. The predicted molar refractivity (Wildman–Crippen MR) is 82.8 cm³/mol. The second-order valence-corrected chi connectivity index (χ2v) is 4.64. The van der Waals surface area contributed by atoms with Crippen LogP contribution >= 0.6 is 12.4 Å². The summed E-state index contributed by atoms with van der Waals surface area (Å²) in [6.45, 7) is 0. The van der Waals surface area contributed by atoms with Gasteiger partial charge in [0.25, 0.3) is 0 Å². The number of methoxy groups -OCH3 is 1. The Morgan fingerprint density at radius 3 is 2.43 bits per heavy atom. The number of ether oxygens (including phenoxy) is 1. The number of rotatable bonds is 5. The summed E-state index contributed by atoms with van der Waals surface area (Å²) >= 11 is 0. The van der Waals surface area contributed by atoms with Crippen LogP contribution in [0.3, 0.4) is 0 Å². The van der Waals surface area contributed by atoms with Gasteiger partial charge in [0.2, 0.25) is 0 Å². The molecule has 0 radical (unpaired) electrons. The van der Waals surface area contributed by atoms with E-state index in [1.165, 1.54) is 7.11 Å². The molecule has 0 heterocycles. The highest BCUT2D eigenvalue weighted by Gasteiger charge is 2.21. The van der Waals surface area contributed by atoms with Gasteiger partial charge in [-0.05, 0) is 16.3 Å². The second kappa shape index (κ2) is 7.64. The second-order valence-electron chi connectivity index (χ2n) is 4.64. The van der Waals surface area contributed by atoms with E-state index in [0.717, 1.165) is 16.3 Å². The molecule has 0 aliphatic carbocycles. The standard InChI is InChI=1S/C16H16O4.ClH/c1-20-16(19)10-12(9-15(17)18)14-8-4-6-11-5-2-3-7-13(11)14;/h2-8,12H,9-10H2,1H3,(H,17,18);1H/t12-;/m1./s1. The number of esters is 1. The van der Waals surface area contributed by atoms with Gasteiger partial charge in [0, 0.05) is 5.92 Å². The first-order chi connectivity index (χ1) is 9.61. The molecular weight excluding hydrogens is 292 g/mol. The van der Waals surface area contributed by atoms with E-state index < -0.39 is 11.9 Å². The Kier molecular flexibility index (Phi) is 6.18. The summed E-state index contributed by atoms with van der Waals surface area (Å²) in [5.74, 6) is -1.71. The monoisotopic (exact) mass is 308 g/mol. The van der Waals surface area contributed by atoms with Crippen molar-refractivity contribution in [1.29, 1.82) is 0 Å². The predicted octanol–water partition coefficient (Wildman–Crippen LogP) is 3.38. The van der Waals surface area contributed by atoms with Crippen molar-refractivity contribution >= 4 is 35.1 Å². The van der Waals surface area contributed by atoms with Crippen molar-refractivity contribution < 1.29 is 19.4 Å². The summed E-state index contributed by atoms with van der Waals surface area (Å²) in [6.07, 6.45) is -0.0279. The Bertz CT molecular complexity index is 634. The summed E-state index contributed by atoms with van der Waals surface area (Å²) in [6, 6.07) is 13.5. The largest absolute Gasteiger partial charge is 0.481 e. The van der Waals surface area contributed by atoms with Crippen LogP contribution < -0.4 is 0 Å². The molecule has 1 atom stereocenters. The number of hydrogen-bond acceptors (Lipinski definition) is 3. The third-order valence-electron chi connectivity index (χ3n) is 3.32. The molecule has 0 aliphatic rings. The Hall–Kier alpha value is -2.07. The van der Waals surface area contributed by atoms with Gasteiger partial charge in [-0.3, -0.25) is 9.59 Å². The first-order valence-corrected chi connectivity index (χ1v) is 6.38. The molecule has 2 aromatic rings. The SMILES string of the molecule is COC(=O)C[C@@H](CC(=O)O)c1cccc2ccccc12.Cl. The zero-order valence-electron chi connectivity index (χ0n) is 11.6. The molecule has 0 amide bonds. The molecule has 0 aromatic heterocycles. The fourth-order valence-electron chi connectivity index (χ4n) is 2.39. The van der Waals surface area contributed by atoms with Crippen LogP contribution in [-0.2, 0) is 14.3 Å². The Labute approximate surface area is 129 Å². The molecule has 0 spiro atoms. The molecule has 2 rings (SSSR count). The van der Waals surface area contributed by atoms with E-state index in [2.05, 4.69) is 4.74 Å². The quantitative estimate of drug-likeness (QED) is 0.860. The summed E-state index contributed by atoms with van der Waals surface area (Å²) in [4.78, 5) is 22.5. The van der Waals surface area contributed by atoms with E-state index in [1.807, 2.05) is 42.5 Å². The average Bonchev–Trinajstić information content (AvgIpc) is 2.45. The first kappa shape index (κ1) is 17.0. The number of fused-ring (bicyclic) bond motifs is 1. The van der Waals surface area contributed by atoms with Crippen molar-refractivity contribution in [3.8, 4) is 0 Å². The Morgan fingerprint density at radius 1 is 1.10 bits per heavy atom. The molecule has 112 valence electrons. The maximum absolute atomic E-state index is 11.5. The molecule has 5 heteroatoms. The smallest absolute Gasteiger partial charge is 0.306 e. The maximum Gasteiger partial charge on any atom is 0.306 e. The Balaban J connectivity index is 0.00000220. The van der Waals surface area contributed by atoms with Gasteiger partial charge in [-0.15, -0.1) is 12.4 Å². The van der Waals surface area contributed by atoms with Crippen molar-refractivity contribution in [3.63, 3.8) is 0 Å².